The van der Waals surface area contributed by atoms with Crippen LogP contribution in [0, 0.1) is 6.92 Å². The van der Waals surface area contributed by atoms with Gasteiger partial charge >= 0.3 is 0 Å². The van der Waals surface area contributed by atoms with Crippen LogP contribution in [0.2, 0.25) is 0 Å². The van der Waals surface area contributed by atoms with Crippen LogP contribution >= 0.6 is 12.2 Å². The number of benzene rings is 2. The van der Waals surface area contributed by atoms with E-state index in [0.29, 0.717) is 17.0 Å². The van der Waals surface area contributed by atoms with Crippen molar-refractivity contribution in [3.63, 3.8) is 0 Å². The van der Waals surface area contributed by atoms with E-state index in [9.17, 15) is 9.59 Å². The number of ether oxygens (including phenoxy) is 1. The highest BCUT2D eigenvalue weighted by Gasteiger charge is 2.35. The van der Waals surface area contributed by atoms with Crippen LogP contribution in [-0.2, 0) is 9.59 Å². The third-order valence-electron chi connectivity index (χ3n) is 4.58. The number of para-hydroxylation sites is 2. The number of thiocarbonyl (C=S) groups is 1. The largest absolute Gasteiger partial charge is 0.490 e. The van der Waals surface area contributed by atoms with E-state index in [1.54, 1.807) is 12.1 Å². The van der Waals surface area contributed by atoms with Crippen LogP contribution < -0.4 is 15.0 Å². The van der Waals surface area contributed by atoms with E-state index >= 15 is 0 Å². The Balaban J connectivity index is 2.02. The molecule has 1 aliphatic heterocycles. The first kappa shape index (κ1) is 19.8. The van der Waals surface area contributed by atoms with Crippen molar-refractivity contribution in [2.75, 3.05) is 4.90 Å². The molecule has 2 amide bonds. The Morgan fingerprint density at radius 2 is 1.82 bits per heavy atom. The number of rotatable bonds is 5. The van der Waals surface area contributed by atoms with E-state index in [4.69, 9.17) is 17.0 Å². The van der Waals surface area contributed by atoms with E-state index in [2.05, 4.69) is 5.32 Å². The Morgan fingerprint density at radius 3 is 2.54 bits per heavy atom. The van der Waals surface area contributed by atoms with Crippen LogP contribution in [0.1, 0.15) is 31.4 Å². The number of amides is 2. The first-order valence-corrected chi connectivity index (χ1v) is 9.56. The standard InChI is InChI=1S/C22H22N2O3S/c1-4-15(3)27-19-12-8-6-10-16(19)13-17-20(25)23-22(28)24(21(17)26)18-11-7-5-9-14(18)2/h5-13,15H,4H2,1-3H3,(H,23,25,28)/b17-13+/t15-/m0/s1. The molecule has 3 rings (SSSR count). The predicted octanol–water partition coefficient (Wildman–Crippen LogP) is 4.00. The van der Waals surface area contributed by atoms with Gasteiger partial charge < -0.3 is 4.74 Å². The topological polar surface area (TPSA) is 58.6 Å². The lowest BCUT2D eigenvalue weighted by Gasteiger charge is -2.30. The van der Waals surface area contributed by atoms with Gasteiger partial charge in [-0.25, -0.2) is 0 Å². The molecule has 1 saturated heterocycles. The van der Waals surface area contributed by atoms with E-state index in [-0.39, 0.29) is 16.8 Å². The maximum absolute atomic E-state index is 13.2. The average molecular weight is 394 g/mol. The minimum Gasteiger partial charge on any atom is -0.490 e. The molecule has 0 aliphatic carbocycles. The zero-order valence-corrected chi connectivity index (χ0v) is 16.9. The minimum atomic E-state index is -0.516. The van der Waals surface area contributed by atoms with Gasteiger partial charge in [-0.2, -0.15) is 0 Å². The normalized spacial score (nSPS) is 16.9. The van der Waals surface area contributed by atoms with Gasteiger partial charge in [0.1, 0.15) is 11.3 Å². The number of carbonyl (C=O) groups excluding carboxylic acids is 2. The zero-order chi connectivity index (χ0) is 20.3. The summed E-state index contributed by atoms with van der Waals surface area (Å²) in [5, 5.41) is 2.69. The number of hydrogen-bond acceptors (Lipinski definition) is 4. The van der Waals surface area contributed by atoms with Gasteiger partial charge in [0, 0.05) is 5.56 Å². The smallest absolute Gasteiger partial charge is 0.270 e. The summed E-state index contributed by atoms with van der Waals surface area (Å²) in [5.41, 5.74) is 2.21. The van der Waals surface area contributed by atoms with Gasteiger partial charge in [-0.15, -0.1) is 0 Å². The van der Waals surface area contributed by atoms with E-state index in [1.165, 1.54) is 4.90 Å². The molecule has 28 heavy (non-hydrogen) atoms. The van der Waals surface area contributed by atoms with Crippen LogP contribution in [0.5, 0.6) is 5.75 Å². The quantitative estimate of drug-likeness (QED) is 0.473. The van der Waals surface area contributed by atoms with Crippen LogP contribution in [-0.4, -0.2) is 23.0 Å². The third kappa shape index (κ3) is 3.97. The molecule has 1 heterocycles. The predicted molar refractivity (Wildman–Crippen MR) is 114 cm³/mol. The highest BCUT2D eigenvalue weighted by atomic mass is 32.1. The summed E-state index contributed by atoms with van der Waals surface area (Å²) in [6.45, 7) is 5.89. The Morgan fingerprint density at radius 1 is 1.14 bits per heavy atom. The van der Waals surface area contributed by atoms with Crippen molar-refractivity contribution in [1.29, 1.82) is 0 Å². The number of anilines is 1. The average Bonchev–Trinajstić information content (AvgIpc) is 2.67. The molecular formula is C22H22N2O3S. The monoisotopic (exact) mass is 394 g/mol. The molecule has 0 unspecified atom stereocenters. The molecule has 5 nitrogen and oxygen atoms in total. The van der Waals surface area contributed by atoms with E-state index in [1.807, 2.05) is 63.2 Å². The number of nitrogens with zero attached hydrogens (tertiary/aromatic N) is 1. The Hall–Kier alpha value is -2.99. The van der Waals surface area contributed by atoms with Crippen LogP contribution in [0.4, 0.5) is 5.69 Å². The van der Waals surface area contributed by atoms with E-state index in [0.717, 1.165) is 12.0 Å². The molecule has 0 bridgehead atoms. The van der Waals surface area contributed by atoms with Crippen molar-refractivity contribution in [2.24, 2.45) is 0 Å². The van der Waals surface area contributed by atoms with Gasteiger partial charge in [0.15, 0.2) is 5.11 Å². The van der Waals surface area contributed by atoms with Crippen molar-refractivity contribution in [3.8, 4) is 5.75 Å². The van der Waals surface area contributed by atoms with Gasteiger partial charge in [-0.1, -0.05) is 43.3 Å². The first-order valence-electron chi connectivity index (χ1n) is 9.15. The summed E-state index contributed by atoms with van der Waals surface area (Å²) in [5.74, 6) is -0.347. The van der Waals surface area contributed by atoms with Crippen molar-refractivity contribution in [3.05, 3.63) is 65.2 Å². The summed E-state index contributed by atoms with van der Waals surface area (Å²) in [6.07, 6.45) is 2.42. The van der Waals surface area contributed by atoms with Gasteiger partial charge in [0.2, 0.25) is 0 Å². The molecule has 6 heteroatoms. The zero-order valence-electron chi connectivity index (χ0n) is 16.1. The van der Waals surface area contributed by atoms with Gasteiger partial charge in [-0.05, 0) is 56.3 Å². The summed E-state index contributed by atoms with van der Waals surface area (Å²) in [6, 6.07) is 14.7. The van der Waals surface area contributed by atoms with Crippen LogP contribution in [0.25, 0.3) is 6.08 Å². The molecule has 2 aromatic carbocycles. The van der Waals surface area contributed by atoms with Crippen molar-refractivity contribution < 1.29 is 14.3 Å². The highest BCUT2D eigenvalue weighted by Crippen LogP contribution is 2.27. The lowest BCUT2D eigenvalue weighted by atomic mass is 10.1. The SMILES string of the molecule is CC[C@H](C)Oc1ccccc1/C=C1\C(=O)NC(=S)N(c2ccccc2C)C1=O. The fraction of sp³-hybridized carbons (Fsp3) is 0.227. The number of aryl methyl sites for hydroxylation is 1. The minimum absolute atomic E-state index is 0.0112. The maximum Gasteiger partial charge on any atom is 0.270 e. The molecule has 0 radical (unpaired) electrons. The van der Waals surface area contributed by atoms with Gasteiger partial charge in [0.25, 0.3) is 11.8 Å². The second-order valence-electron chi connectivity index (χ2n) is 6.62. The molecule has 2 aromatic rings. The second kappa shape index (κ2) is 8.35. The maximum atomic E-state index is 13.2. The second-order valence-corrected chi connectivity index (χ2v) is 7.01. The number of carbonyl (C=O) groups is 2. The third-order valence-corrected chi connectivity index (χ3v) is 4.86. The van der Waals surface area contributed by atoms with Crippen LogP contribution in [0.15, 0.2) is 54.1 Å². The lowest BCUT2D eigenvalue weighted by molar-refractivity contribution is -0.122. The molecule has 0 aromatic heterocycles. The molecule has 144 valence electrons. The fourth-order valence-electron chi connectivity index (χ4n) is 2.85. The summed E-state index contributed by atoms with van der Waals surface area (Å²) >= 11 is 5.26. The highest BCUT2D eigenvalue weighted by molar-refractivity contribution is 7.80. The Labute approximate surface area is 170 Å². The lowest BCUT2D eigenvalue weighted by Crippen LogP contribution is -2.54. The number of nitrogens with one attached hydrogen (secondary N) is 1. The molecule has 1 fully saturated rings. The first-order chi connectivity index (χ1) is 13.4. The van der Waals surface area contributed by atoms with Crippen molar-refractivity contribution >= 4 is 40.9 Å². The van der Waals surface area contributed by atoms with Crippen molar-refractivity contribution in [2.45, 2.75) is 33.3 Å². The summed E-state index contributed by atoms with van der Waals surface area (Å²) in [4.78, 5) is 27.0. The molecule has 0 spiro atoms. The molecule has 1 N–H and O–H groups in total. The Kier molecular flexibility index (Phi) is 5.90. The molecule has 0 saturated carbocycles. The van der Waals surface area contributed by atoms with Crippen molar-refractivity contribution in [1.82, 2.24) is 5.32 Å². The van der Waals surface area contributed by atoms with Gasteiger partial charge in [0.05, 0.1) is 11.8 Å². The van der Waals surface area contributed by atoms with Crippen LogP contribution in [0.3, 0.4) is 0 Å². The molecule has 1 atom stereocenters. The molecular weight excluding hydrogens is 372 g/mol. The molecule has 1 aliphatic rings. The summed E-state index contributed by atoms with van der Waals surface area (Å²) in [7, 11) is 0. The Bertz CT molecular complexity index is 968. The van der Waals surface area contributed by atoms with E-state index < -0.39 is 11.8 Å². The number of hydrogen-bond donors (Lipinski definition) is 1. The fourth-order valence-corrected chi connectivity index (χ4v) is 3.13. The van der Waals surface area contributed by atoms with Gasteiger partial charge in [-0.3, -0.25) is 19.8 Å². The summed E-state index contributed by atoms with van der Waals surface area (Å²) < 4.78 is 5.93.